The molecule has 2 aromatic carbocycles. The fraction of sp³-hybridized carbons (Fsp3) is 0.435. The SMILES string of the molecule is COc1ccc(N2CCN(CC(=O)N(C)Cc3ccc(N(C)C)cc3)CC2)cc1. The predicted octanol–water partition coefficient (Wildman–Crippen LogP) is 2.54. The first-order valence-electron chi connectivity index (χ1n) is 10.1. The average molecular weight is 397 g/mol. The summed E-state index contributed by atoms with van der Waals surface area (Å²) in [6.45, 7) is 4.75. The number of anilines is 2. The smallest absolute Gasteiger partial charge is 0.236 e. The Bertz CT molecular complexity index is 782. The van der Waals surface area contributed by atoms with Crippen LogP contribution in [0.25, 0.3) is 0 Å². The van der Waals surface area contributed by atoms with E-state index in [2.05, 4.69) is 51.1 Å². The maximum absolute atomic E-state index is 12.7. The van der Waals surface area contributed by atoms with E-state index in [9.17, 15) is 4.79 Å². The van der Waals surface area contributed by atoms with Gasteiger partial charge in [0.2, 0.25) is 5.91 Å². The Kier molecular flexibility index (Phi) is 6.99. The third-order valence-corrected chi connectivity index (χ3v) is 5.47. The Balaban J connectivity index is 1.46. The van der Waals surface area contributed by atoms with Gasteiger partial charge in [-0.05, 0) is 42.0 Å². The van der Waals surface area contributed by atoms with Crippen molar-refractivity contribution in [2.24, 2.45) is 0 Å². The molecule has 29 heavy (non-hydrogen) atoms. The predicted molar refractivity (Wildman–Crippen MR) is 119 cm³/mol. The van der Waals surface area contributed by atoms with E-state index in [0.29, 0.717) is 13.1 Å². The zero-order chi connectivity index (χ0) is 20.8. The Morgan fingerprint density at radius 3 is 2.10 bits per heavy atom. The summed E-state index contributed by atoms with van der Waals surface area (Å²) in [6, 6.07) is 16.5. The van der Waals surface area contributed by atoms with E-state index in [1.54, 1.807) is 7.11 Å². The first-order valence-corrected chi connectivity index (χ1v) is 10.1. The number of rotatable bonds is 7. The molecule has 156 valence electrons. The third-order valence-electron chi connectivity index (χ3n) is 5.47. The summed E-state index contributed by atoms with van der Waals surface area (Å²) >= 11 is 0. The fourth-order valence-corrected chi connectivity index (χ4v) is 3.53. The van der Waals surface area contributed by atoms with Gasteiger partial charge in [0.1, 0.15) is 5.75 Å². The average Bonchev–Trinajstić information content (AvgIpc) is 2.74. The van der Waals surface area contributed by atoms with Crippen LogP contribution in [0.4, 0.5) is 11.4 Å². The molecule has 0 radical (unpaired) electrons. The van der Waals surface area contributed by atoms with E-state index < -0.39 is 0 Å². The van der Waals surface area contributed by atoms with Crippen molar-refractivity contribution in [3.63, 3.8) is 0 Å². The van der Waals surface area contributed by atoms with Crippen molar-refractivity contribution in [1.29, 1.82) is 0 Å². The van der Waals surface area contributed by atoms with Crippen molar-refractivity contribution in [2.75, 3.05) is 70.8 Å². The molecular weight excluding hydrogens is 364 g/mol. The van der Waals surface area contributed by atoms with E-state index in [4.69, 9.17) is 4.74 Å². The molecule has 1 heterocycles. The van der Waals surface area contributed by atoms with E-state index in [-0.39, 0.29) is 5.91 Å². The summed E-state index contributed by atoms with van der Waals surface area (Å²) in [5, 5.41) is 0. The lowest BCUT2D eigenvalue weighted by atomic mass is 10.2. The molecule has 0 unspecified atom stereocenters. The Hall–Kier alpha value is -2.73. The van der Waals surface area contributed by atoms with Crippen LogP contribution in [0, 0.1) is 0 Å². The molecule has 0 bridgehead atoms. The molecule has 0 N–H and O–H groups in total. The molecule has 0 atom stereocenters. The molecule has 3 rings (SSSR count). The summed E-state index contributed by atoms with van der Waals surface area (Å²) in [5.74, 6) is 1.04. The van der Waals surface area contributed by atoms with Crippen LogP contribution in [0.3, 0.4) is 0 Å². The Morgan fingerprint density at radius 2 is 1.55 bits per heavy atom. The first kappa shape index (κ1) is 21.0. The number of carbonyl (C=O) groups is 1. The van der Waals surface area contributed by atoms with E-state index in [0.717, 1.165) is 43.2 Å². The number of likely N-dealkylation sites (N-methyl/N-ethyl adjacent to an activating group) is 1. The first-order chi connectivity index (χ1) is 14.0. The molecule has 0 saturated carbocycles. The normalized spacial score (nSPS) is 14.6. The van der Waals surface area contributed by atoms with Crippen molar-refractivity contribution in [2.45, 2.75) is 6.54 Å². The van der Waals surface area contributed by atoms with Crippen LogP contribution in [0.15, 0.2) is 48.5 Å². The minimum atomic E-state index is 0.166. The summed E-state index contributed by atoms with van der Waals surface area (Å²) in [4.78, 5) is 21.2. The molecule has 1 aliphatic heterocycles. The zero-order valence-corrected chi connectivity index (χ0v) is 18.0. The highest BCUT2D eigenvalue weighted by atomic mass is 16.5. The van der Waals surface area contributed by atoms with Crippen LogP contribution in [0.2, 0.25) is 0 Å². The van der Waals surface area contributed by atoms with Gasteiger partial charge >= 0.3 is 0 Å². The highest BCUT2D eigenvalue weighted by Crippen LogP contribution is 2.20. The number of amides is 1. The molecule has 6 heteroatoms. The summed E-state index contributed by atoms with van der Waals surface area (Å²) in [5.41, 5.74) is 3.52. The van der Waals surface area contributed by atoms with Gasteiger partial charge in [0.15, 0.2) is 0 Å². The van der Waals surface area contributed by atoms with Gasteiger partial charge in [-0.25, -0.2) is 0 Å². The number of carbonyl (C=O) groups excluding carboxylic acids is 1. The van der Waals surface area contributed by atoms with Crippen molar-refractivity contribution in [3.05, 3.63) is 54.1 Å². The summed E-state index contributed by atoms with van der Waals surface area (Å²) in [6.07, 6.45) is 0. The number of methoxy groups -OCH3 is 1. The monoisotopic (exact) mass is 396 g/mol. The van der Waals surface area contributed by atoms with Crippen molar-refractivity contribution >= 4 is 17.3 Å². The molecule has 1 amide bonds. The second kappa shape index (κ2) is 9.65. The zero-order valence-electron chi connectivity index (χ0n) is 18.0. The highest BCUT2D eigenvalue weighted by Gasteiger charge is 2.21. The third kappa shape index (κ3) is 5.64. The molecule has 2 aromatic rings. The molecule has 0 aromatic heterocycles. The lowest BCUT2D eigenvalue weighted by molar-refractivity contribution is -0.131. The molecule has 1 fully saturated rings. The highest BCUT2D eigenvalue weighted by molar-refractivity contribution is 5.78. The molecule has 1 saturated heterocycles. The van der Waals surface area contributed by atoms with Crippen molar-refractivity contribution in [1.82, 2.24) is 9.80 Å². The number of hydrogen-bond donors (Lipinski definition) is 0. The van der Waals surface area contributed by atoms with Crippen LogP contribution in [0.1, 0.15) is 5.56 Å². The topological polar surface area (TPSA) is 39.3 Å². The molecule has 0 aliphatic carbocycles. The Labute approximate surface area is 174 Å². The maximum Gasteiger partial charge on any atom is 0.236 e. The standard InChI is InChI=1S/C23H32N4O2/c1-24(2)20-7-5-19(6-8-20)17-25(3)23(28)18-26-13-15-27(16-14-26)21-9-11-22(29-4)12-10-21/h5-12H,13-18H2,1-4H3. The molecule has 1 aliphatic rings. The van der Waals surface area contributed by atoms with Crippen LogP contribution in [-0.2, 0) is 11.3 Å². The van der Waals surface area contributed by atoms with Crippen LogP contribution < -0.4 is 14.5 Å². The van der Waals surface area contributed by atoms with Gasteiger partial charge in [0.25, 0.3) is 0 Å². The van der Waals surface area contributed by atoms with E-state index >= 15 is 0 Å². The maximum atomic E-state index is 12.7. The summed E-state index contributed by atoms with van der Waals surface area (Å²) < 4.78 is 5.23. The van der Waals surface area contributed by atoms with E-state index in [1.165, 1.54) is 5.69 Å². The van der Waals surface area contributed by atoms with Crippen LogP contribution in [-0.4, -0.2) is 76.7 Å². The van der Waals surface area contributed by atoms with Crippen LogP contribution >= 0.6 is 0 Å². The van der Waals surface area contributed by atoms with Gasteiger partial charge in [-0.15, -0.1) is 0 Å². The van der Waals surface area contributed by atoms with E-state index in [1.807, 2.05) is 38.2 Å². The Morgan fingerprint density at radius 1 is 0.931 bits per heavy atom. The second-order valence-corrected chi connectivity index (χ2v) is 7.77. The molecular formula is C23H32N4O2. The van der Waals surface area contributed by atoms with Gasteiger partial charge in [-0.1, -0.05) is 12.1 Å². The second-order valence-electron chi connectivity index (χ2n) is 7.77. The van der Waals surface area contributed by atoms with Crippen molar-refractivity contribution in [3.8, 4) is 5.75 Å². The van der Waals surface area contributed by atoms with Crippen LogP contribution in [0.5, 0.6) is 5.75 Å². The summed E-state index contributed by atoms with van der Waals surface area (Å²) in [7, 11) is 7.62. The lowest BCUT2D eigenvalue weighted by Crippen LogP contribution is -2.49. The number of piperazine rings is 1. The quantitative estimate of drug-likeness (QED) is 0.719. The number of benzene rings is 2. The van der Waals surface area contributed by atoms with Gasteiger partial charge < -0.3 is 19.4 Å². The van der Waals surface area contributed by atoms with Gasteiger partial charge in [-0.2, -0.15) is 0 Å². The minimum absolute atomic E-state index is 0.166. The number of nitrogens with zero attached hydrogens (tertiary/aromatic N) is 4. The van der Waals surface area contributed by atoms with Gasteiger partial charge in [0.05, 0.1) is 13.7 Å². The number of ether oxygens (including phenoxy) is 1. The fourth-order valence-electron chi connectivity index (χ4n) is 3.53. The lowest BCUT2D eigenvalue weighted by Gasteiger charge is -2.36. The molecule has 6 nitrogen and oxygen atoms in total. The largest absolute Gasteiger partial charge is 0.497 e. The van der Waals surface area contributed by atoms with Gasteiger partial charge in [-0.3, -0.25) is 9.69 Å². The van der Waals surface area contributed by atoms with Gasteiger partial charge in [0, 0.05) is 65.2 Å². The minimum Gasteiger partial charge on any atom is -0.497 e. The molecule has 0 spiro atoms. The number of hydrogen-bond acceptors (Lipinski definition) is 5. The van der Waals surface area contributed by atoms with Crippen molar-refractivity contribution < 1.29 is 9.53 Å².